The maximum atomic E-state index is 15.5. The van der Waals surface area contributed by atoms with E-state index in [0.717, 1.165) is 0 Å². The van der Waals surface area contributed by atoms with E-state index in [4.69, 9.17) is 21.1 Å². The van der Waals surface area contributed by atoms with Crippen LogP contribution in [0.5, 0.6) is 11.5 Å². The van der Waals surface area contributed by atoms with Crippen LogP contribution in [-0.4, -0.2) is 42.1 Å². The minimum atomic E-state index is -1.13. The van der Waals surface area contributed by atoms with E-state index in [1.54, 1.807) is 48.5 Å². The number of likely N-dealkylation sites (tertiary alicyclic amines) is 1. The van der Waals surface area contributed by atoms with Gasteiger partial charge in [0.25, 0.3) is 5.91 Å². The van der Waals surface area contributed by atoms with Crippen molar-refractivity contribution in [3.63, 3.8) is 0 Å². The van der Waals surface area contributed by atoms with Crippen molar-refractivity contribution in [1.82, 2.24) is 4.90 Å². The Morgan fingerprint density at radius 3 is 2.32 bits per heavy atom. The van der Waals surface area contributed by atoms with Gasteiger partial charge in [0.05, 0.1) is 25.8 Å². The fraction of sp³-hybridized carbons (Fsp3) is 0.231. The van der Waals surface area contributed by atoms with Crippen LogP contribution in [0.2, 0.25) is 5.02 Å². The molecule has 1 fully saturated rings. The van der Waals surface area contributed by atoms with Gasteiger partial charge >= 0.3 is 5.97 Å². The van der Waals surface area contributed by atoms with Gasteiger partial charge in [0.1, 0.15) is 11.8 Å². The van der Waals surface area contributed by atoms with Crippen molar-refractivity contribution in [2.45, 2.75) is 24.9 Å². The molecule has 34 heavy (non-hydrogen) atoms. The number of nitrogens with zero attached hydrogens (tertiary/aromatic N) is 1. The highest BCUT2D eigenvalue weighted by Gasteiger charge is 2.43. The maximum absolute atomic E-state index is 15.5. The first-order valence-corrected chi connectivity index (χ1v) is 11.1. The van der Waals surface area contributed by atoms with Crippen LogP contribution in [0, 0.1) is 5.82 Å². The molecule has 2 atom stereocenters. The number of aliphatic carboxylic acids is 1. The molecule has 3 aromatic carbocycles. The Bertz CT molecular complexity index is 1230. The molecule has 1 heterocycles. The Balaban J connectivity index is 1.77. The predicted octanol–water partition coefficient (Wildman–Crippen LogP) is 5.59. The molecule has 1 saturated heterocycles. The number of hydrogen-bond acceptors (Lipinski definition) is 4. The van der Waals surface area contributed by atoms with E-state index >= 15 is 4.39 Å². The second-order valence-electron chi connectivity index (χ2n) is 7.92. The zero-order chi connectivity index (χ0) is 24.4. The van der Waals surface area contributed by atoms with Crippen LogP contribution in [0.1, 0.15) is 34.8 Å². The maximum Gasteiger partial charge on any atom is 0.326 e. The fourth-order valence-electron chi connectivity index (χ4n) is 4.44. The Hall–Kier alpha value is -3.58. The van der Waals surface area contributed by atoms with Crippen molar-refractivity contribution in [2.24, 2.45) is 0 Å². The zero-order valence-electron chi connectivity index (χ0n) is 18.6. The summed E-state index contributed by atoms with van der Waals surface area (Å²) in [4.78, 5) is 26.9. The molecule has 0 spiro atoms. The van der Waals surface area contributed by atoms with Crippen LogP contribution in [0.3, 0.4) is 0 Å². The number of amides is 1. The van der Waals surface area contributed by atoms with E-state index in [-0.39, 0.29) is 23.3 Å². The van der Waals surface area contributed by atoms with E-state index < -0.39 is 29.8 Å². The van der Waals surface area contributed by atoms with Gasteiger partial charge in [-0.3, -0.25) is 4.79 Å². The van der Waals surface area contributed by atoms with Gasteiger partial charge in [-0.2, -0.15) is 0 Å². The second kappa shape index (κ2) is 9.73. The molecule has 0 aromatic heterocycles. The molecule has 1 aliphatic heterocycles. The summed E-state index contributed by atoms with van der Waals surface area (Å²) >= 11 is 6.36. The minimum Gasteiger partial charge on any atom is -0.497 e. The third-order valence-electron chi connectivity index (χ3n) is 6.10. The number of methoxy groups -OCH3 is 2. The van der Waals surface area contributed by atoms with Gasteiger partial charge in [-0.1, -0.05) is 48.0 Å². The van der Waals surface area contributed by atoms with Crippen molar-refractivity contribution in [2.75, 3.05) is 14.2 Å². The van der Waals surface area contributed by atoms with Crippen LogP contribution >= 0.6 is 11.6 Å². The number of carboxylic acids is 1. The molecule has 1 aliphatic rings. The number of carbonyl (C=O) groups is 2. The minimum absolute atomic E-state index is 0.0533. The molecular formula is C26H23ClFNO5. The van der Waals surface area contributed by atoms with Crippen LogP contribution in [0.15, 0.2) is 60.7 Å². The Morgan fingerprint density at radius 1 is 1.00 bits per heavy atom. The highest BCUT2D eigenvalue weighted by molar-refractivity contribution is 6.31. The van der Waals surface area contributed by atoms with E-state index in [0.29, 0.717) is 28.3 Å². The summed E-state index contributed by atoms with van der Waals surface area (Å²) in [7, 11) is 2.81. The monoisotopic (exact) mass is 483 g/mol. The first kappa shape index (κ1) is 23.6. The van der Waals surface area contributed by atoms with Gasteiger partial charge in [0.2, 0.25) is 0 Å². The number of halogens is 2. The summed E-state index contributed by atoms with van der Waals surface area (Å²) in [5.41, 5.74) is 1.42. The lowest BCUT2D eigenvalue weighted by Crippen LogP contribution is -2.42. The van der Waals surface area contributed by atoms with Gasteiger partial charge < -0.3 is 19.5 Å². The van der Waals surface area contributed by atoms with Crippen molar-refractivity contribution >= 4 is 23.5 Å². The fourth-order valence-corrected chi connectivity index (χ4v) is 4.71. The molecule has 0 saturated carbocycles. The van der Waals surface area contributed by atoms with E-state index in [9.17, 15) is 14.7 Å². The topological polar surface area (TPSA) is 76.1 Å². The Kier molecular flexibility index (Phi) is 6.75. The molecule has 6 nitrogen and oxygen atoms in total. The molecule has 8 heteroatoms. The van der Waals surface area contributed by atoms with Gasteiger partial charge in [-0.15, -0.1) is 0 Å². The van der Waals surface area contributed by atoms with Crippen LogP contribution in [0.25, 0.3) is 11.1 Å². The third kappa shape index (κ3) is 4.19. The molecular weight excluding hydrogens is 461 g/mol. The summed E-state index contributed by atoms with van der Waals surface area (Å²) in [5, 5.41) is 10.2. The van der Waals surface area contributed by atoms with Crippen LogP contribution < -0.4 is 9.47 Å². The molecule has 3 aromatic rings. The third-order valence-corrected chi connectivity index (χ3v) is 6.45. The second-order valence-corrected chi connectivity index (χ2v) is 8.32. The van der Waals surface area contributed by atoms with Crippen LogP contribution in [-0.2, 0) is 4.79 Å². The highest BCUT2D eigenvalue weighted by atomic mass is 35.5. The smallest absolute Gasteiger partial charge is 0.326 e. The summed E-state index contributed by atoms with van der Waals surface area (Å²) in [6, 6.07) is 15.1. The molecule has 1 amide bonds. The van der Waals surface area contributed by atoms with Gasteiger partial charge in [0, 0.05) is 10.6 Å². The number of rotatable bonds is 6. The average Bonchev–Trinajstić information content (AvgIpc) is 3.29. The van der Waals surface area contributed by atoms with Gasteiger partial charge in [-0.05, 0) is 48.2 Å². The van der Waals surface area contributed by atoms with Crippen molar-refractivity contribution in [1.29, 1.82) is 0 Å². The molecule has 0 unspecified atom stereocenters. The molecule has 0 radical (unpaired) electrons. The summed E-state index contributed by atoms with van der Waals surface area (Å²) in [5.74, 6) is -2.09. The average molecular weight is 484 g/mol. The van der Waals surface area contributed by atoms with Crippen molar-refractivity contribution < 1.29 is 28.6 Å². The van der Waals surface area contributed by atoms with Crippen molar-refractivity contribution in [3.8, 4) is 22.6 Å². The largest absolute Gasteiger partial charge is 0.497 e. The quantitative estimate of drug-likeness (QED) is 0.494. The number of ether oxygens (including phenoxy) is 2. The molecule has 1 N–H and O–H groups in total. The first-order chi connectivity index (χ1) is 16.4. The molecule has 0 bridgehead atoms. The van der Waals surface area contributed by atoms with Crippen LogP contribution in [0.4, 0.5) is 4.39 Å². The Labute approximate surface area is 201 Å². The molecule has 0 aliphatic carbocycles. The van der Waals surface area contributed by atoms with E-state index in [1.807, 2.05) is 0 Å². The van der Waals surface area contributed by atoms with E-state index in [2.05, 4.69) is 0 Å². The summed E-state index contributed by atoms with van der Waals surface area (Å²) in [6.07, 6.45) is 0.673. The predicted molar refractivity (Wildman–Crippen MR) is 126 cm³/mol. The summed E-state index contributed by atoms with van der Waals surface area (Å²) in [6.45, 7) is 0. The molecule has 4 rings (SSSR count). The van der Waals surface area contributed by atoms with E-state index in [1.165, 1.54) is 31.3 Å². The van der Waals surface area contributed by atoms with Gasteiger partial charge in [-0.25, -0.2) is 9.18 Å². The highest BCUT2D eigenvalue weighted by Crippen LogP contribution is 2.42. The summed E-state index contributed by atoms with van der Waals surface area (Å²) < 4.78 is 26.0. The standard InChI is InChI=1S/C26H23ClFNO5/c1-33-16-9-7-15(8-10-16)17-11-12-19(24(34-2)23(17)28)25(30)29-21(13-14-22(29)26(31)32)18-5-3-4-6-20(18)27/h3-12,21-22H,13-14H2,1-2H3,(H,31,32)/t21-,22+/m1/s1. The number of benzene rings is 3. The van der Waals surface area contributed by atoms with Gasteiger partial charge in [0.15, 0.2) is 11.6 Å². The zero-order valence-corrected chi connectivity index (χ0v) is 19.4. The molecule has 176 valence electrons. The van der Waals surface area contributed by atoms with Crippen molar-refractivity contribution in [3.05, 3.63) is 82.6 Å². The number of carbonyl (C=O) groups excluding carboxylic acids is 1. The Morgan fingerprint density at radius 2 is 1.71 bits per heavy atom. The number of hydrogen-bond donors (Lipinski definition) is 1. The normalized spacial score (nSPS) is 17.5. The lowest BCUT2D eigenvalue weighted by atomic mass is 10.00. The lowest BCUT2D eigenvalue weighted by molar-refractivity contribution is -0.141. The SMILES string of the molecule is COc1ccc(-c2ccc(C(=O)N3[C@@H](c4ccccc4Cl)CC[C@H]3C(=O)O)c(OC)c2F)cc1. The number of carboxylic acid groups (broad SMARTS) is 1. The first-order valence-electron chi connectivity index (χ1n) is 10.7. The lowest BCUT2D eigenvalue weighted by Gasteiger charge is -2.30.